The molecule has 0 saturated carbocycles. The van der Waals surface area contributed by atoms with Crippen molar-refractivity contribution in [2.45, 2.75) is 38.8 Å². The van der Waals surface area contributed by atoms with Crippen LogP contribution in [0.4, 0.5) is 0 Å². The number of carbonyl (C=O) groups is 3. The lowest BCUT2D eigenvalue weighted by Gasteiger charge is -2.24. The molecule has 90 valence electrons. The first kappa shape index (κ1) is 12.6. The Kier molecular flexibility index (Phi) is 4.00. The smallest absolute Gasteiger partial charge is 0.249 e. The number of amides is 3. The van der Waals surface area contributed by atoms with Gasteiger partial charge in [0.05, 0.1) is 6.04 Å². The molecule has 6 nitrogen and oxygen atoms in total. The summed E-state index contributed by atoms with van der Waals surface area (Å²) in [6.07, 6.45) is 0.578. The second-order valence-corrected chi connectivity index (χ2v) is 4.28. The normalized spacial score (nSPS) is 22.9. The van der Waals surface area contributed by atoms with Crippen LogP contribution in [-0.4, -0.2) is 29.8 Å². The zero-order valence-corrected chi connectivity index (χ0v) is 9.45. The number of imide groups is 1. The number of rotatable bonds is 3. The molecule has 0 aromatic carbocycles. The Morgan fingerprint density at radius 3 is 2.62 bits per heavy atom. The van der Waals surface area contributed by atoms with Gasteiger partial charge in [-0.15, -0.1) is 0 Å². The minimum absolute atomic E-state index is 0.00767. The maximum absolute atomic E-state index is 11.6. The highest BCUT2D eigenvalue weighted by atomic mass is 16.2. The molecular weight excluding hydrogens is 210 g/mol. The van der Waals surface area contributed by atoms with Crippen LogP contribution in [0, 0.1) is 5.92 Å². The molecule has 16 heavy (non-hydrogen) atoms. The fourth-order valence-electron chi connectivity index (χ4n) is 1.40. The van der Waals surface area contributed by atoms with Crippen LogP contribution in [-0.2, 0) is 14.4 Å². The van der Waals surface area contributed by atoms with E-state index in [4.69, 9.17) is 5.73 Å². The highest BCUT2D eigenvalue weighted by Crippen LogP contribution is 2.05. The lowest BCUT2D eigenvalue weighted by Crippen LogP contribution is -2.56. The van der Waals surface area contributed by atoms with Gasteiger partial charge >= 0.3 is 0 Å². The van der Waals surface area contributed by atoms with E-state index >= 15 is 0 Å². The van der Waals surface area contributed by atoms with Gasteiger partial charge in [0.1, 0.15) is 6.04 Å². The summed E-state index contributed by atoms with van der Waals surface area (Å²) in [6, 6.07) is -1.28. The molecule has 4 N–H and O–H groups in total. The van der Waals surface area contributed by atoms with Gasteiger partial charge in [0, 0.05) is 6.42 Å². The Hall–Kier alpha value is -1.43. The van der Waals surface area contributed by atoms with Gasteiger partial charge in [0.2, 0.25) is 17.7 Å². The highest BCUT2D eigenvalue weighted by molar-refractivity contribution is 6.01. The van der Waals surface area contributed by atoms with Crippen molar-refractivity contribution in [2.24, 2.45) is 11.7 Å². The van der Waals surface area contributed by atoms with Gasteiger partial charge in [0.15, 0.2) is 0 Å². The predicted octanol–water partition coefficient (Wildman–Crippen LogP) is -1.11. The monoisotopic (exact) mass is 227 g/mol. The third-order valence-electron chi connectivity index (χ3n) is 2.58. The van der Waals surface area contributed by atoms with E-state index in [1.54, 1.807) is 0 Å². The van der Waals surface area contributed by atoms with E-state index in [2.05, 4.69) is 10.6 Å². The molecule has 1 fully saturated rings. The average Bonchev–Trinajstić information content (AvgIpc) is 2.20. The molecular formula is C10H17N3O3. The van der Waals surface area contributed by atoms with Crippen LogP contribution in [0.2, 0.25) is 0 Å². The van der Waals surface area contributed by atoms with E-state index in [9.17, 15) is 14.4 Å². The quantitative estimate of drug-likeness (QED) is 0.532. The molecule has 0 radical (unpaired) electrons. The molecule has 0 aromatic rings. The molecule has 1 heterocycles. The molecule has 0 spiro atoms. The van der Waals surface area contributed by atoms with Crippen molar-refractivity contribution in [2.75, 3.05) is 0 Å². The van der Waals surface area contributed by atoms with E-state index in [1.165, 1.54) is 0 Å². The minimum Gasteiger partial charge on any atom is -0.343 e. The molecule has 0 bridgehead atoms. The predicted molar refractivity (Wildman–Crippen MR) is 57.1 cm³/mol. The van der Waals surface area contributed by atoms with Crippen LogP contribution in [0.15, 0.2) is 0 Å². The molecule has 0 unspecified atom stereocenters. The first-order chi connectivity index (χ1) is 7.41. The molecule has 3 amide bonds. The molecule has 1 rings (SSSR count). The van der Waals surface area contributed by atoms with Crippen LogP contribution in [0.1, 0.15) is 26.7 Å². The second-order valence-electron chi connectivity index (χ2n) is 4.28. The fourth-order valence-corrected chi connectivity index (χ4v) is 1.40. The van der Waals surface area contributed by atoms with Crippen molar-refractivity contribution in [3.63, 3.8) is 0 Å². The van der Waals surface area contributed by atoms with E-state index < -0.39 is 18.0 Å². The van der Waals surface area contributed by atoms with Crippen LogP contribution in [0.3, 0.4) is 0 Å². The summed E-state index contributed by atoms with van der Waals surface area (Å²) in [6.45, 7) is 3.66. The zero-order chi connectivity index (χ0) is 12.3. The lowest BCUT2D eigenvalue weighted by molar-refractivity contribution is -0.137. The summed E-state index contributed by atoms with van der Waals surface area (Å²) in [5.41, 5.74) is 5.64. The summed E-state index contributed by atoms with van der Waals surface area (Å²) >= 11 is 0. The Morgan fingerprint density at radius 2 is 2.12 bits per heavy atom. The Morgan fingerprint density at radius 1 is 1.50 bits per heavy atom. The molecule has 6 heteroatoms. The lowest BCUT2D eigenvalue weighted by atomic mass is 10.0. The van der Waals surface area contributed by atoms with Crippen molar-refractivity contribution in [1.82, 2.24) is 10.6 Å². The third kappa shape index (κ3) is 3.03. The molecule has 0 aromatic heterocycles. The van der Waals surface area contributed by atoms with Crippen LogP contribution in [0.5, 0.6) is 0 Å². The molecule has 0 aliphatic carbocycles. The van der Waals surface area contributed by atoms with Gasteiger partial charge in [-0.05, 0) is 12.3 Å². The number of carbonyl (C=O) groups excluding carboxylic acids is 3. The number of piperidine rings is 1. The van der Waals surface area contributed by atoms with Crippen LogP contribution >= 0.6 is 0 Å². The van der Waals surface area contributed by atoms with Crippen molar-refractivity contribution in [1.29, 1.82) is 0 Å². The first-order valence-corrected chi connectivity index (χ1v) is 5.31. The van der Waals surface area contributed by atoms with Gasteiger partial charge < -0.3 is 11.1 Å². The van der Waals surface area contributed by atoms with Gasteiger partial charge in [-0.3, -0.25) is 19.7 Å². The fraction of sp³-hybridized carbons (Fsp3) is 0.700. The molecule has 1 aliphatic heterocycles. The van der Waals surface area contributed by atoms with Gasteiger partial charge in [-0.2, -0.15) is 0 Å². The minimum atomic E-state index is -0.644. The third-order valence-corrected chi connectivity index (χ3v) is 2.58. The summed E-state index contributed by atoms with van der Waals surface area (Å²) in [4.78, 5) is 33.8. The Balaban J connectivity index is 2.51. The molecule has 1 saturated heterocycles. The van der Waals surface area contributed by atoms with Crippen molar-refractivity contribution in [3.05, 3.63) is 0 Å². The van der Waals surface area contributed by atoms with E-state index in [1.807, 2.05) is 13.8 Å². The standard InChI is InChI=1S/C10H17N3O3/c1-5(2)8(11)10(16)12-6-3-4-7(14)13-9(6)15/h5-6,8H,3-4,11H2,1-2H3,(H,12,16)(H,13,14,15)/t6-,8-/m0/s1. The highest BCUT2D eigenvalue weighted by Gasteiger charge is 2.29. The number of nitrogens with two attached hydrogens (primary N) is 1. The summed E-state index contributed by atoms with van der Waals surface area (Å²) < 4.78 is 0. The maximum Gasteiger partial charge on any atom is 0.249 e. The van der Waals surface area contributed by atoms with Crippen LogP contribution in [0.25, 0.3) is 0 Å². The SMILES string of the molecule is CC(C)[C@H](N)C(=O)N[C@H]1CCC(=O)NC1=O. The Bertz CT molecular complexity index is 314. The maximum atomic E-state index is 11.6. The molecule has 2 atom stereocenters. The van der Waals surface area contributed by atoms with Crippen molar-refractivity contribution >= 4 is 17.7 Å². The Labute approximate surface area is 93.9 Å². The van der Waals surface area contributed by atoms with E-state index in [0.717, 1.165) is 0 Å². The number of hydrogen-bond acceptors (Lipinski definition) is 4. The first-order valence-electron chi connectivity index (χ1n) is 5.31. The number of hydrogen-bond donors (Lipinski definition) is 3. The topological polar surface area (TPSA) is 101 Å². The van der Waals surface area contributed by atoms with Crippen molar-refractivity contribution in [3.8, 4) is 0 Å². The van der Waals surface area contributed by atoms with E-state index in [0.29, 0.717) is 6.42 Å². The van der Waals surface area contributed by atoms with E-state index in [-0.39, 0.29) is 24.2 Å². The van der Waals surface area contributed by atoms with Crippen LogP contribution < -0.4 is 16.4 Å². The molecule has 1 aliphatic rings. The van der Waals surface area contributed by atoms with Gasteiger partial charge in [0.25, 0.3) is 0 Å². The summed E-state index contributed by atoms with van der Waals surface area (Å²) in [5, 5.41) is 4.71. The zero-order valence-electron chi connectivity index (χ0n) is 9.45. The average molecular weight is 227 g/mol. The van der Waals surface area contributed by atoms with Gasteiger partial charge in [-0.1, -0.05) is 13.8 Å². The summed E-state index contributed by atoms with van der Waals surface area (Å²) in [7, 11) is 0. The second kappa shape index (κ2) is 5.07. The summed E-state index contributed by atoms with van der Waals surface area (Å²) in [5.74, 6) is -1.11. The number of nitrogens with one attached hydrogen (secondary N) is 2. The van der Waals surface area contributed by atoms with Gasteiger partial charge in [-0.25, -0.2) is 0 Å². The van der Waals surface area contributed by atoms with Crippen molar-refractivity contribution < 1.29 is 14.4 Å². The largest absolute Gasteiger partial charge is 0.343 e.